The number of ether oxygens (including phenoxy) is 1. The third-order valence-electron chi connectivity index (χ3n) is 0.976. The normalized spacial score (nSPS) is 8.73. The molecule has 0 aliphatic carbocycles. The maximum absolute atomic E-state index is 10.6. The van der Waals surface area contributed by atoms with E-state index in [9.17, 15) is 4.79 Å². The summed E-state index contributed by atoms with van der Waals surface area (Å²) in [5, 5.41) is 0. The minimum absolute atomic E-state index is 0.398. The van der Waals surface area contributed by atoms with E-state index in [0.29, 0.717) is 12.5 Å². The summed E-state index contributed by atoms with van der Waals surface area (Å²) in [5.74, 6) is 5.24. The van der Waals surface area contributed by atoms with Gasteiger partial charge in [-0.1, -0.05) is 19.8 Å². The molecule has 0 aromatic carbocycles. The fourth-order valence-electron chi connectivity index (χ4n) is 0.495. The fraction of sp³-hybridized carbons (Fsp3) is 0.667. The first-order valence-electron chi connectivity index (χ1n) is 3.82. The molecule has 0 aliphatic heterocycles. The first-order valence-corrected chi connectivity index (χ1v) is 3.82. The molecule has 0 heterocycles. The van der Waals surface area contributed by atoms with Crippen molar-refractivity contribution in [2.75, 3.05) is 6.61 Å². The van der Waals surface area contributed by atoms with E-state index in [1.165, 1.54) is 0 Å². The van der Waals surface area contributed by atoms with Gasteiger partial charge in [-0.25, -0.2) is 4.79 Å². The highest BCUT2D eigenvalue weighted by Crippen LogP contribution is 1.95. The van der Waals surface area contributed by atoms with Crippen LogP contribution >= 0.6 is 0 Å². The maximum Gasteiger partial charge on any atom is 0.384 e. The van der Waals surface area contributed by atoms with E-state index in [4.69, 9.17) is 0 Å². The van der Waals surface area contributed by atoms with Crippen molar-refractivity contribution in [1.82, 2.24) is 0 Å². The zero-order chi connectivity index (χ0) is 8.69. The second kappa shape index (κ2) is 5.79. The molecule has 0 radical (unpaired) electrons. The van der Waals surface area contributed by atoms with Crippen molar-refractivity contribution in [2.45, 2.75) is 27.2 Å². The lowest BCUT2D eigenvalue weighted by Gasteiger charge is -1.93. The van der Waals surface area contributed by atoms with Crippen molar-refractivity contribution < 1.29 is 9.53 Å². The summed E-state index contributed by atoms with van der Waals surface area (Å²) in [7, 11) is 0. The number of carbonyl (C=O) groups is 1. The molecule has 0 atom stereocenters. The largest absolute Gasteiger partial charge is 0.456 e. The molecule has 0 unspecified atom stereocenters. The van der Waals surface area contributed by atoms with Crippen LogP contribution in [0.25, 0.3) is 0 Å². The third kappa shape index (κ3) is 6.92. The van der Waals surface area contributed by atoms with E-state index in [-0.39, 0.29) is 0 Å². The molecule has 0 saturated carbocycles. The monoisotopic (exact) mass is 154 g/mol. The second-order valence-corrected chi connectivity index (χ2v) is 2.62. The first kappa shape index (κ1) is 10.0. The number of esters is 1. The number of carbonyl (C=O) groups excluding carboxylic acids is 1. The molecule has 2 heteroatoms. The SMILES string of the molecule is CCOC(=O)C#CCC(C)C. The summed E-state index contributed by atoms with van der Waals surface area (Å²) in [6.45, 7) is 6.27. The van der Waals surface area contributed by atoms with Crippen LogP contribution in [0.4, 0.5) is 0 Å². The maximum atomic E-state index is 10.6. The summed E-state index contributed by atoms with van der Waals surface area (Å²) in [5.41, 5.74) is 0. The lowest BCUT2D eigenvalue weighted by atomic mass is 10.1. The van der Waals surface area contributed by atoms with E-state index in [1.807, 2.05) is 0 Å². The molecule has 11 heavy (non-hydrogen) atoms. The number of rotatable bonds is 2. The molecular formula is C9H14O2. The summed E-state index contributed by atoms with van der Waals surface area (Å²) < 4.78 is 4.61. The molecule has 0 amide bonds. The van der Waals surface area contributed by atoms with Crippen LogP contribution in [0.2, 0.25) is 0 Å². The van der Waals surface area contributed by atoms with E-state index in [1.54, 1.807) is 6.92 Å². The van der Waals surface area contributed by atoms with Crippen LogP contribution in [0, 0.1) is 17.8 Å². The lowest BCUT2D eigenvalue weighted by molar-refractivity contribution is -0.136. The molecule has 0 fully saturated rings. The van der Waals surface area contributed by atoms with E-state index in [0.717, 1.165) is 6.42 Å². The molecular weight excluding hydrogens is 140 g/mol. The lowest BCUT2D eigenvalue weighted by Crippen LogP contribution is -1.99. The van der Waals surface area contributed by atoms with Crippen LogP contribution in [0.3, 0.4) is 0 Å². The summed E-state index contributed by atoms with van der Waals surface area (Å²) in [6, 6.07) is 0. The van der Waals surface area contributed by atoms with Gasteiger partial charge in [0.1, 0.15) is 0 Å². The quantitative estimate of drug-likeness (QED) is 0.343. The van der Waals surface area contributed by atoms with Crippen LogP contribution in [0.5, 0.6) is 0 Å². The van der Waals surface area contributed by atoms with Crippen molar-refractivity contribution in [3.05, 3.63) is 0 Å². The van der Waals surface area contributed by atoms with Gasteiger partial charge < -0.3 is 4.74 Å². The highest BCUT2D eigenvalue weighted by Gasteiger charge is 1.92. The Balaban J connectivity index is 3.60. The van der Waals surface area contributed by atoms with Crippen molar-refractivity contribution >= 4 is 5.97 Å². The van der Waals surface area contributed by atoms with Gasteiger partial charge in [-0.2, -0.15) is 0 Å². The van der Waals surface area contributed by atoms with Gasteiger partial charge in [0.25, 0.3) is 0 Å². The zero-order valence-corrected chi connectivity index (χ0v) is 7.31. The van der Waals surface area contributed by atoms with Gasteiger partial charge in [0, 0.05) is 12.3 Å². The van der Waals surface area contributed by atoms with Crippen molar-refractivity contribution in [2.24, 2.45) is 5.92 Å². The average Bonchev–Trinajstić information content (AvgIpc) is 1.87. The van der Waals surface area contributed by atoms with Gasteiger partial charge in [-0.05, 0) is 12.8 Å². The Labute approximate surface area is 67.9 Å². The first-order chi connectivity index (χ1) is 5.16. The molecule has 0 aromatic heterocycles. The Hall–Kier alpha value is -0.970. The molecule has 0 N–H and O–H groups in total. The van der Waals surface area contributed by atoms with Gasteiger partial charge in [0.15, 0.2) is 0 Å². The minimum Gasteiger partial charge on any atom is -0.456 e. The van der Waals surface area contributed by atoms with E-state index in [2.05, 4.69) is 30.4 Å². The fourth-order valence-corrected chi connectivity index (χ4v) is 0.495. The molecule has 0 aliphatic rings. The molecule has 0 spiro atoms. The van der Waals surface area contributed by atoms with Crippen LogP contribution in [0.1, 0.15) is 27.2 Å². The molecule has 0 saturated heterocycles. The number of hydrogen-bond acceptors (Lipinski definition) is 2. The highest BCUT2D eigenvalue weighted by atomic mass is 16.5. The minimum atomic E-state index is -0.423. The highest BCUT2D eigenvalue weighted by molar-refractivity contribution is 5.88. The molecule has 0 aromatic rings. The van der Waals surface area contributed by atoms with Crippen LogP contribution < -0.4 is 0 Å². The van der Waals surface area contributed by atoms with Crippen LogP contribution in [-0.4, -0.2) is 12.6 Å². The predicted molar refractivity (Wildman–Crippen MR) is 43.9 cm³/mol. The van der Waals surface area contributed by atoms with Crippen LogP contribution in [-0.2, 0) is 9.53 Å². The molecule has 62 valence electrons. The van der Waals surface area contributed by atoms with E-state index < -0.39 is 5.97 Å². The van der Waals surface area contributed by atoms with Gasteiger partial charge in [0.2, 0.25) is 0 Å². The number of hydrogen-bond donors (Lipinski definition) is 0. The molecule has 0 rings (SSSR count). The van der Waals surface area contributed by atoms with Crippen molar-refractivity contribution in [3.8, 4) is 11.8 Å². The Bertz CT molecular complexity index is 172. The predicted octanol–water partition coefficient (Wildman–Crippen LogP) is 1.60. The van der Waals surface area contributed by atoms with Gasteiger partial charge in [0.05, 0.1) is 6.61 Å². The topological polar surface area (TPSA) is 26.3 Å². The Morgan fingerprint density at radius 1 is 1.55 bits per heavy atom. The van der Waals surface area contributed by atoms with E-state index >= 15 is 0 Å². The zero-order valence-electron chi connectivity index (χ0n) is 7.31. The Kier molecular flexibility index (Phi) is 5.28. The summed E-state index contributed by atoms with van der Waals surface area (Å²) in [6.07, 6.45) is 0.749. The standard InChI is InChI=1S/C9H14O2/c1-4-11-9(10)7-5-6-8(2)3/h8H,4,6H2,1-3H3. The smallest absolute Gasteiger partial charge is 0.384 e. The van der Waals surface area contributed by atoms with Gasteiger partial charge >= 0.3 is 5.97 Å². The molecule has 0 bridgehead atoms. The second-order valence-electron chi connectivity index (χ2n) is 2.62. The van der Waals surface area contributed by atoms with Gasteiger partial charge in [-0.15, -0.1) is 0 Å². The van der Waals surface area contributed by atoms with Crippen LogP contribution in [0.15, 0.2) is 0 Å². The Morgan fingerprint density at radius 2 is 2.18 bits per heavy atom. The summed E-state index contributed by atoms with van der Waals surface area (Å²) in [4.78, 5) is 10.6. The Morgan fingerprint density at radius 3 is 2.64 bits per heavy atom. The summed E-state index contributed by atoms with van der Waals surface area (Å²) >= 11 is 0. The third-order valence-corrected chi connectivity index (χ3v) is 0.976. The van der Waals surface area contributed by atoms with Crippen molar-refractivity contribution in [1.29, 1.82) is 0 Å². The van der Waals surface area contributed by atoms with Crippen molar-refractivity contribution in [3.63, 3.8) is 0 Å². The molecule has 2 nitrogen and oxygen atoms in total. The van der Waals surface area contributed by atoms with Gasteiger partial charge in [-0.3, -0.25) is 0 Å². The average molecular weight is 154 g/mol.